The molecule has 0 unspecified atom stereocenters. The standard InChI is InChI=1S/C24H25ClN4O4/c1-33-14-6-13-28(20(30)12-11-17-9-5-10-19(25)15-17)21-22(26)29(24(32)27-23(21)31)16-18-7-3-2-4-8-18/h2-5,7-12,15H,6,13-14,16,26H2,1H3,(H,27,31,32). The number of carbonyl (C=O) groups excluding carboxylic acids is 1. The van der Waals surface area contributed by atoms with Crippen molar-refractivity contribution in [1.82, 2.24) is 9.55 Å². The molecule has 9 heteroatoms. The van der Waals surface area contributed by atoms with E-state index in [1.54, 1.807) is 37.5 Å². The third-order valence-corrected chi connectivity index (χ3v) is 5.17. The zero-order valence-electron chi connectivity index (χ0n) is 18.2. The van der Waals surface area contributed by atoms with Crippen LogP contribution in [-0.2, 0) is 16.1 Å². The van der Waals surface area contributed by atoms with Crippen molar-refractivity contribution in [2.45, 2.75) is 13.0 Å². The second-order valence-electron chi connectivity index (χ2n) is 7.29. The highest BCUT2D eigenvalue weighted by Crippen LogP contribution is 2.19. The third-order valence-electron chi connectivity index (χ3n) is 4.93. The van der Waals surface area contributed by atoms with Crippen molar-refractivity contribution in [2.75, 3.05) is 30.9 Å². The van der Waals surface area contributed by atoms with Crippen molar-refractivity contribution in [3.63, 3.8) is 0 Å². The summed E-state index contributed by atoms with van der Waals surface area (Å²) in [7, 11) is 1.55. The Balaban J connectivity index is 2.00. The lowest BCUT2D eigenvalue weighted by atomic mass is 10.2. The van der Waals surface area contributed by atoms with Gasteiger partial charge in [-0.05, 0) is 35.8 Å². The fraction of sp³-hybridized carbons (Fsp3) is 0.208. The van der Waals surface area contributed by atoms with E-state index in [0.717, 1.165) is 11.1 Å². The van der Waals surface area contributed by atoms with E-state index >= 15 is 0 Å². The molecule has 172 valence electrons. The van der Waals surface area contributed by atoms with Crippen molar-refractivity contribution in [2.24, 2.45) is 0 Å². The molecule has 0 bridgehead atoms. The van der Waals surface area contributed by atoms with Gasteiger partial charge in [-0.15, -0.1) is 0 Å². The van der Waals surface area contributed by atoms with Gasteiger partial charge in [0.15, 0.2) is 5.69 Å². The van der Waals surface area contributed by atoms with E-state index < -0.39 is 17.2 Å². The Hall–Kier alpha value is -3.62. The SMILES string of the molecule is COCCCN(C(=O)C=Cc1cccc(Cl)c1)c1c(N)n(Cc2ccccc2)c(=O)[nH]c1=O. The lowest BCUT2D eigenvalue weighted by Crippen LogP contribution is -2.41. The summed E-state index contributed by atoms with van der Waals surface area (Å²) in [5.74, 6) is -0.553. The normalized spacial score (nSPS) is 11.1. The number of nitrogens with two attached hydrogens (primary N) is 1. The number of nitrogens with zero attached hydrogens (tertiary/aromatic N) is 2. The van der Waals surface area contributed by atoms with Gasteiger partial charge in [-0.2, -0.15) is 0 Å². The number of amides is 1. The second kappa shape index (κ2) is 11.3. The summed E-state index contributed by atoms with van der Waals surface area (Å²) in [6, 6.07) is 16.2. The molecule has 0 aliphatic rings. The number of aromatic amines is 1. The van der Waals surface area contributed by atoms with Crippen LogP contribution in [0.2, 0.25) is 5.02 Å². The van der Waals surface area contributed by atoms with Gasteiger partial charge in [-0.25, -0.2) is 4.79 Å². The molecule has 1 heterocycles. The number of methoxy groups -OCH3 is 1. The lowest BCUT2D eigenvalue weighted by molar-refractivity contribution is -0.114. The largest absolute Gasteiger partial charge is 0.385 e. The van der Waals surface area contributed by atoms with Gasteiger partial charge < -0.3 is 15.4 Å². The molecule has 1 amide bonds. The van der Waals surface area contributed by atoms with Crippen LogP contribution in [0.1, 0.15) is 17.5 Å². The molecule has 33 heavy (non-hydrogen) atoms. The summed E-state index contributed by atoms with van der Waals surface area (Å²) >= 11 is 6.01. The topological polar surface area (TPSA) is 110 Å². The fourth-order valence-corrected chi connectivity index (χ4v) is 3.53. The van der Waals surface area contributed by atoms with Crippen molar-refractivity contribution >= 4 is 35.1 Å². The van der Waals surface area contributed by atoms with Crippen LogP contribution in [0.15, 0.2) is 70.3 Å². The molecule has 2 aromatic carbocycles. The summed E-state index contributed by atoms with van der Waals surface area (Å²) in [6.45, 7) is 0.695. The molecule has 3 rings (SSSR count). The average molecular weight is 469 g/mol. The molecule has 0 spiro atoms. The molecule has 0 atom stereocenters. The summed E-state index contributed by atoms with van der Waals surface area (Å²) in [6.07, 6.45) is 3.40. The molecule has 8 nitrogen and oxygen atoms in total. The molecular weight excluding hydrogens is 444 g/mol. The first-order valence-electron chi connectivity index (χ1n) is 10.3. The Morgan fingerprint density at radius 1 is 1.18 bits per heavy atom. The highest BCUT2D eigenvalue weighted by molar-refractivity contribution is 6.30. The van der Waals surface area contributed by atoms with E-state index in [0.29, 0.717) is 18.1 Å². The molecule has 0 aliphatic carbocycles. The van der Waals surface area contributed by atoms with E-state index in [9.17, 15) is 14.4 Å². The first-order chi connectivity index (χ1) is 15.9. The number of anilines is 2. The van der Waals surface area contributed by atoms with Crippen molar-refractivity contribution in [1.29, 1.82) is 0 Å². The minimum absolute atomic E-state index is 0.0811. The third kappa shape index (κ3) is 6.21. The molecule has 0 radical (unpaired) electrons. The monoisotopic (exact) mass is 468 g/mol. The Bertz CT molecular complexity index is 1250. The molecular formula is C24H25ClN4O4. The number of halogens is 1. The van der Waals surface area contributed by atoms with Crippen molar-refractivity contribution in [3.05, 3.63) is 97.7 Å². The van der Waals surface area contributed by atoms with Crippen LogP contribution in [0.25, 0.3) is 6.08 Å². The van der Waals surface area contributed by atoms with E-state index in [-0.39, 0.29) is 24.6 Å². The lowest BCUT2D eigenvalue weighted by Gasteiger charge is -2.23. The maximum atomic E-state index is 13.1. The molecule has 0 saturated carbocycles. The highest BCUT2D eigenvalue weighted by atomic mass is 35.5. The predicted molar refractivity (Wildman–Crippen MR) is 131 cm³/mol. The highest BCUT2D eigenvalue weighted by Gasteiger charge is 2.23. The summed E-state index contributed by atoms with van der Waals surface area (Å²) in [5.41, 5.74) is 6.36. The van der Waals surface area contributed by atoms with Gasteiger partial charge in [-0.1, -0.05) is 54.1 Å². The second-order valence-corrected chi connectivity index (χ2v) is 7.73. The Morgan fingerprint density at radius 2 is 1.94 bits per heavy atom. The van der Waals surface area contributed by atoms with E-state index in [2.05, 4.69) is 4.98 Å². The number of carbonyl (C=O) groups is 1. The van der Waals surface area contributed by atoms with Gasteiger partial charge in [0.2, 0.25) is 0 Å². The number of H-pyrrole nitrogens is 1. The minimum Gasteiger partial charge on any atom is -0.385 e. The van der Waals surface area contributed by atoms with Crippen LogP contribution in [-0.4, -0.2) is 35.7 Å². The number of nitrogens with one attached hydrogen (secondary N) is 1. The minimum atomic E-state index is -0.733. The average Bonchev–Trinajstić information content (AvgIpc) is 2.80. The first-order valence-corrected chi connectivity index (χ1v) is 10.7. The molecule has 3 aromatic rings. The van der Waals surface area contributed by atoms with E-state index in [4.69, 9.17) is 22.1 Å². The fourth-order valence-electron chi connectivity index (χ4n) is 3.33. The smallest absolute Gasteiger partial charge is 0.330 e. The molecule has 0 saturated heterocycles. The number of hydrogen-bond donors (Lipinski definition) is 2. The Labute approximate surface area is 195 Å². The van der Waals surface area contributed by atoms with Crippen molar-refractivity contribution in [3.8, 4) is 0 Å². The van der Waals surface area contributed by atoms with E-state index in [1.807, 2.05) is 30.3 Å². The van der Waals surface area contributed by atoms with Crippen molar-refractivity contribution < 1.29 is 9.53 Å². The summed E-state index contributed by atoms with van der Waals surface area (Å²) < 4.78 is 6.33. The van der Waals surface area contributed by atoms with Crippen LogP contribution in [0.3, 0.4) is 0 Å². The molecule has 0 aliphatic heterocycles. The number of rotatable bonds is 9. The number of ether oxygens (including phenoxy) is 1. The number of benzene rings is 2. The molecule has 0 fully saturated rings. The number of aromatic nitrogens is 2. The van der Waals surface area contributed by atoms with Gasteiger partial charge in [0.25, 0.3) is 11.5 Å². The van der Waals surface area contributed by atoms with Gasteiger partial charge >= 0.3 is 5.69 Å². The molecule has 3 N–H and O–H groups in total. The van der Waals surface area contributed by atoms with E-state index in [1.165, 1.54) is 15.5 Å². The Kier molecular flexibility index (Phi) is 8.23. The van der Waals surface area contributed by atoms with Crippen LogP contribution in [0.5, 0.6) is 0 Å². The first kappa shape index (κ1) is 24.0. The summed E-state index contributed by atoms with van der Waals surface area (Å²) in [5, 5.41) is 0.537. The quantitative estimate of drug-likeness (QED) is 0.370. The van der Waals surface area contributed by atoms with Crippen LogP contribution in [0, 0.1) is 0 Å². The molecule has 1 aromatic heterocycles. The van der Waals surface area contributed by atoms with Gasteiger partial charge in [-0.3, -0.25) is 19.1 Å². The van der Waals surface area contributed by atoms with Crippen LogP contribution >= 0.6 is 11.6 Å². The zero-order valence-corrected chi connectivity index (χ0v) is 18.9. The van der Waals surface area contributed by atoms with Gasteiger partial charge in [0.05, 0.1) is 6.54 Å². The zero-order chi connectivity index (χ0) is 23.8. The number of nitrogen functional groups attached to an aromatic ring is 1. The van der Waals surface area contributed by atoms with Crippen LogP contribution < -0.4 is 21.9 Å². The Morgan fingerprint density at radius 3 is 2.64 bits per heavy atom. The van der Waals surface area contributed by atoms with Gasteiger partial charge in [0, 0.05) is 31.4 Å². The van der Waals surface area contributed by atoms with Crippen LogP contribution in [0.4, 0.5) is 11.5 Å². The maximum Gasteiger partial charge on any atom is 0.330 e. The predicted octanol–water partition coefficient (Wildman–Crippen LogP) is 2.90. The van der Waals surface area contributed by atoms with Gasteiger partial charge in [0.1, 0.15) is 5.82 Å². The number of hydrogen-bond acceptors (Lipinski definition) is 5. The summed E-state index contributed by atoms with van der Waals surface area (Å²) in [4.78, 5) is 41.9. The maximum absolute atomic E-state index is 13.1.